The van der Waals surface area contributed by atoms with E-state index in [1.807, 2.05) is 32.9 Å². The van der Waals surface area contributed by atoms with E-state index >= 15 is 0 Å². The molecule has 0 atom stereocenters. The Morgan fingerprint density at radius 2 is 1.83 bits per heavy atom. The number of hydrogen-bond acceptors (Lipinski definition) is 5. The Bertz CT molecular complexity index is 1340. The van der Waals surface area contributed by atoms with Gasteiger partial charge in [0.1, 0.15) is 11.6 Å². The van der Waals surface area contributed by atoms with Crippen molar-refractivity contribution >= 4 is 28.8 Å². The minimum Gasteiger partial charge on any atom is -0.353 e. The van der Waals surface area contributed by atoms with Gasteiger partial charge in [0.05, 0.1) is 28.3 Å². The van der Waals surface area contributed by atoms with E-state index in [9.17, 15) is 13.6 Å². The molecule has 182 valence electrons. The molecule has 0 aliphatic rings. The summed E-state index contributed by atoms with van der Waals surface area (Å²) in [5.74, 6) is -1.67. The first-order valence-corrected chi connectivity index (χ1v) is 11.5. The quantitative estimate of drug-likeness (QED) is 0.305. The van der Waals surface area contributed by atoms with Crippen molar-refractivity contribution in [3.63, 3.8) is 0 Å². The summed E-state index contributed by atoms with van der Waals surface area (Å²) in [7, 11) is 0. The predicted molar refractivity (Wildman–Crippen MR) is 135 cm³/mol. The van der Waals surface area contributed by atoms with Crippen molar-refractivity contribution in [3.8, 4) is 5.69 Å². The number of anilines is 2. The Morgan fingerprint density at radius 3 is 2.51 bits per heavy atom. The average Bonchev–Trinajstić information content (AvgIpc) is 3.31. The van der Waals surface area contributed by atoms with Gasteiger partial charge in [0.2, 0.25) is 0 Å². The molecule has 1 aromatic heterocycles. The maximum absolute atomic E-state index is 13.9. The number of carbonyl (C=O) groups is 1. The van der Waals surface area contributed by atoms with Crippen LogP contribution in [0.2, 0.25) is 5.02 Å². The van der Waals surface area contributed by atoms with Gasteiger partial charge >= 0.3 is 0 Å². The van der Waals surface area contributed by atoms with Crippen LogP contribution >= 0.6 is 11.6 Å². The molecule has 3 N–H and O–H groups in total. The lowest BCUT2D eigenvalue weighted by Crippen LogP contribution is -2.07. The number of hydrogen-bond donors (Lipinski definition) is 2. The molecule has 1 heterocycles. The topological polar surface area (TPSA) is 85.8 Å². The zero-order chi connectivity index (χ0) is 25.5. The number of rotatable bonds is 7. The van der Waals surface area contributed by atoms with Crippen LogP contribution in [0.1, 0.15) is 41.0 Å². The normalized spacial score (nSPS) is 10.5. The number of nitrogens with zero attached hydrogens (tertiary/aromatic N) is 3. The molecule has 0 spiro atoms. The lowest BCUT2D eigenvalue weighted by atomic mass is 9.98. The summed E-state index contributed by atoms with van der Waals surface area (Å²) in [4.78, 5) is 13.3. The van der Waals surface area contributed by atoms with Gasteiger partial charge in [-0.1, -0.05) is 36.7 Å². The number of nitrogens with one attached hydrogen (secondary N) is 1. The summed E-state index contributed by atoms with van der Waals surface area (Å²) in [6, 6.07) is 13.3. The third-order valence-electron chi connectivity index (χ3n) is 5.10. The first kappa shape index (κ1) is 26.0. The van der Waals surface area contributed by atoms with Crippen LogP contribution in [0.25, 0.3) is 5.69 Å². The van der Waals surface area contributed by atoms with E-state index in [1.54, 1.807) is 29.1 Å². The number of halogens is 3. The second kappa shape index (κ2) is 11.7. The van der Waals surface area contributed by atoms with Crippen LogP contribution in [0, 0.1) is 18.6 Å². The standard InChI is InChI=1S/C24H20ClF2N5O.C2H6/c1-14-2-5-18(32-13-17(8-9-28)30-31-32)12-20(14)24(33)19-6-4-16(11-21(19)25)29-23-7-3-15(26)10-22(23)27;1-2/h2-7,10-13,29H,8-9,28H2,1H3;1-2H3. The molecule has 3 aromatic carbocycles. The Balaban J connectivity index is 0.00000167. The van der Waals surface area contributed by atoms with Crippen molar-refractivity contribution in [2.75, 3.05) is 11.9 Å². The van der Waals surface area contributed by atoms with Gasteiger partial charge in [-0.3, -0.25) is 4.79 Å². The van der Waals surface area contributed by atoms with Gasteiger partial charge in [-0.15, -0.1) is 5.10 Å². The second-order valence-electron chi connectivity index (χ2n) is 7.47. The zero-order valence-electron chi connectivity index (χ0n) is 19.6. The molecule has 0 saturated carbocycles. The number of carbonyl (C=O) groups excluding carboxylic acids is 1. The van der Waals surface area contributed by atoms with Crippen molar-refractivity contribution in [2.24, 2.45) is 5.73 Å². The molecule has 0 bridgehead atoms. The van der Waals surface area contributed by atoms with Gasteiger partial charge in [0.25, 0.3) is 0 Å². The molecule has 4 rings (SSSR count). The van der Waals surface area contributed by atoms with E-state index < -0.39 is 11.6 Å². The van der Waals surface area contributed by atoms with E-state index in [4.69, 9.17) is 17.3 Å². The smallest absolute Gasteiger partial charge is 0.194 e. The fourth-order valence-electron chi connectivity index (χ4n) is 3.35. The van der Waals surface area contributed by atoms with Crippen LogP contribution in [0.4, 0.5) is 20.2 Å². The first-order chi connectivity index (χ1) is 16.9. The summed E-state index contributed by atoms with van der Waals surface area (Å²) in [5, 5.41) is 11.2. The van der Waals surface area contributed by atoms with Gasteiger partial charge in [-0.05, 0) is 61.5 Å². The summed E-state index contributed by atoms with van der Waals surface area (Å²) < 4.78 is 28.6. The minimum atomic E-state index is -0.735. The van der Waals surface area contributed by atoms with Crippen molar-refractivity contribution in [1.82, 2.24) is 15.0 Å². The molecular weight excluding hydrogens is 472 g/mol. The number of nitrogens with two attached hydrogens (primary N) is 1. The van der Waals surface area contributed by atoms with Crippen LogP contribution in [-0.4, -0.2) is 27.3 Å². The number of aryl methyl sites for hydroxylation is 1. The monoisotopic (exact) mass is 497 g/mol. The van der Waals surface area contributed by atoms with E-state index in [2.05, 4.69) is 15.6 Å². The van der Waals surface area contributed by atoms with Gasteiger partial charge in [-0.2, -0.15) is 0 Å². The van der Waals surface area contributed by atoms with Gasteiger partial charge in [-0.25, -0.2) is 13.5 Å². The Kier molecular flexibility index (Phi) is 8.68. The van der Waals surface area contributed by atoms with Crippen LogP contribution < -0.4 is 11.1 Å². The Hall–Kier alpha value is -3.62. The van der Waals surface area contributed by atoms with Crippen molar-refractivity contribution in [3.05, 3.63) is 99.8 Å². The summed E-state index contributed by atoms with van der Waals surface area (Å²) >= 11 is 6.40. The SMILES string of the molecule is CC.Cc1ccc(-n2cc(CCN)nn2)cc1C(=O)c1ccc(Nc2ccc(F)cc2F)cc1Cl. The molecular formula is C26H26ClF2N5O. The molecule has 0 amide bonds. The van der Waals surface area contributed by atoms with Gasteiger partial charge < -0.3 is 11.1 Å². The van der Waals surface area contributed by atoms with E-state index in [1.165, 1.54) is 12.1 Å². The minimum absolute atomic E-state index is 0.0944. The number of benzene rings is 3. The Labute approximate surface area is 207 Å². The summed E-state index contributed by atoms with van der Waals surface area (Å²) in [6.07, 6.45) is 2.38. The average molecular weight is 498 g/mol. The summed E-state index contributed by atoms with van der Waals surface area (Å²) in [6.45, 7) is 6.30. The second-order valence-corrected chi connectivity index (χ2v) is 7.87. The van der Waals surface area contributed by atoms with Gasteiger partial charge in [0.15, 0.2) is 5.78 Å². The van der Waals surface area contributed by atoms with E-state index in [0.717, 1.165) is 23.4 Å². The third kappa shape index (κ3) is 6.09. The highest BCUT2D eigenvalue weighted by Crippen LogP contribution is 2.28. The van der Waals surface area contributed by atoms with Gasteiger partial charge in [0, 0.05) is 29.3 Å². The number of ketones is 1. The zero-order valence-corrected chi connectivity index (χ0v) is 20.4. The van der Waals surface area contributed by atoms with Crippen molar-refractivity contribution in [2.45, 2.75) is 27.2 Å². The maximum atomic E-state index is 13.9. The van der Waals surface area contributed by atoms with E-state index in [-0.39, 0.29) is 16.5 Å². The predicted octanol–water partition coefficient (Wildman–Crippen LogP) is 6.01. The molecule has 0 fully saturated rings. The highest BCUT2D eigenvalue weighted by Gasteiger charge is 2.17. The fraction of sp³-hybridized carbons (Fsp3) is 0.192. The highest BCUT2D eigenvalue weighted by molar-refractivity contribution is 6.35. The lowest BCUT2D eigenvalue weighted by Gasteiger charge is -2.12. The van der Waals surface area contributed by atoms with Crippen molar-refractivity contribution in [1.29, 1.82) is 0 Å². The van der Waals surface area contributed by atoms with E-state index in [0.29, 0.717) is 35.5 Å². The maximum Gasteiger partial charge on any atom is 0.194 e. The molecule has 35 heavy (non-hydrogen) atoms. The van der Waals surface area contributed by atoms with Crippen LogP contribution in [-0.2, 0) is 6.42 Å². The number of aromatic nitrogens is 3. The van der Waals surface area contributed by atoms with Crippen molar-refractivity contribution < 1.29 is 13.6 Å². The first-order valence-electron chi connectivity index (χ1n) is 11.1. The highest BCUT2D eigenvalue weighted by atomic mass is 35.5. The Morgan fingerprint density at radius 1 is 1.06 bits per heavy atom. The fourth-order valence-corrected chi connectivity index (χ4v) is 3.62. The van der Waals surface area contributed by atoms with Crippen LogP contribution in [0.15, 0.2) is 60.8 Å². The molecule has 0 radical (unpaired) electrons. The molecule has 4 aromatic rings. The van der Waals surface area contributed by atoms with Crippen LogP contribution in [0.5, 0.6) is 0 Å². The summed E-state index contributed by atoms with van der Waals surface area (Å²) in [5.41, 5.74) is 9.10. The molecule has 0 aliphatic carbocycles. The molecule has 0 unspecified atom stereocenters. The molecule has 6 nitrogen and oxygen atoms in total. The lowest BCUT2D eigenvalue weighted by molar-refractivity contribution is 0.103. The molecule has 0 saturated heterocycles. The third-order valence-corrected chi connectivity index (χ3v) is 5.41. The van der Waals surface area contributed by atoms with Crippen LogP contribution in [0.3, 0.4) is 0 Å². The molecule has 0 aliphatic heterocycles. The molecule has 9 heteroatoms. The largest absolute Gasteiger partial charge is 0.353 e.